The molecule has 0 saturated heterocycles. The van der Waals surface area contributed by atoms with Crippen LogP contribution in [0.4, 0.5) is 11.4 Å². The Morgan fingerprint density at radius 3 is 2.74 bits per heavy atom. The zero-order valence-electron chi connectivity index (χ0n) is 12.8. The van der Waals surface area contributed by atoms with E-state index in [9.17, 15) is 10.1 Å². The molecule has 3 rings (SSSR count). The third kappa shape index (κ3) is 3.45. The van der Waals surface area contributed by atoms with Gasteiger partial charge in [-0.25, -0.2) is 4.98 Å². The van der Waals surface area contributed by atoms with E-state index in [4.69, 9.17) is 0 Å². The molecule has 1 aliphatic rings. The Hall–Kier alpha value is -2.55. The largest absolute Gasteiger partial charge is 0.377 e. The standard InChI is InChI=1S/C14H19N7O2/c1-15-10-3-2-4-11(7-10)19-12-8-14(20-17-5-6-18-20)16-9-13(12)21(22)23/h5-6,8-11,15H,2-4,7H2,1H3,(H,16,19). The molecule has 23 heavy (non-hydrogen) atoms. The maximum absolute atomic E-state index is 11.3. The number of hydrogen-bond acceptors (Lipinski definition) is 7. The first kappa shape index (κ1) is 15.3. The van der Waals surface area contributed by atoms with E-state index in [1.54, 1.807) is 6.07 Å². The minimum absolute atomic E-state index is 0.0347. The molecule has 9 heteroatoms. The average Bonchev–Trinajstić information content (AvgIpc) is 3.09. The summed E-state index contributed by atoms with van der Waals surface area (Å²) >= 11 is 0. The molecular weight excluding hydrogens is 298 g/mol. The third-order valence-corrected chi connectivity index (χ3v) is 4.13. The smallest absolute Gasteiger partial charge is 0.310 e. The molecule has 0 bridgehead atoms. The number of rotatable bonds is 5. The molecule has 0 aromatic carbocycles. The van der Waals surface area contributed by atoms with E-state index in [1.165, 1.54) is 23.4 Å². The summed E-state index contributed by atoms with van der Waals surface area (Å²) in [5, 5.41) is 25.9. The Morgan fingerprint density at radius 2 is 2.04 bits per heavy atom. The van der Waals surface area contributed by atoms with Gasteiger partial charge >= 0.3 is 5.69 Å². The van der Waals surface area contributed by atoms with Crippen molar-refractivity contribution in [3.63, 3.8) is 0 Å². The summed E-state index contributed by atoms with van der Waals surface area (Å²) in [6, 6.07) is 2.26. The van der Waals surface area contributed by atoms with E-state index in [2.05, 4.69) is 25.8 Å². The average molecular weight is 317 g/mol. The maximum Gasteiger partial charge on any atom is 0.310 e. The van der Waals surface area contributed by atoms with Crippen molar-refractivity contribution < 1.29 is 4.92 Å². The molecule has 0 radical (unpaired) electrons. The predicted octanol–water partition coefficient (Wildman–Crippen LogP) is 1.51. The molecule has 0 amide bonds. The first-order chi connectivity index (χ1) is 11.2. The van der Waals surface area contributed by atoms with Gasteiger partial charge in [0.25, 0.3) is 0 Å². The van der Waals surface area contributed by atoms with Crippen molar-refractivity contribution in [1.29, 1.82) is 0 Å². The molecule has 1 fully saturated rings. The van der Waals surface area contributed by atoms with Crippen LogP contribution in [0.15, 0.2) is 24.7 Å². The summed E-state index contributed by atoms with van der Waals surface area (Å²) in [4.78, 5) is 16.2. The van der Waals surface area contributed by atoms with Crippen LogP contribution in [0.3, 0.4) is 0 Å². The predicted molar refractivity (Wildman–Crippen MR) is 84.5 cm³/mol. The molecule has 0 aliphatic heterocycles. The fraction of sp³-hybridized carbons (Fsp3) is 0.500. The SMILES string of the molecule is CNC1CCCC(Nc2cc(-n3nccn3)ncc2[N+](=O)[O-])C1. The van der Waals surface area contributed by atoms with Gasteiger partial charge in [-0.1, -0.05) is 0 Å². The van der Waals surface area contributed by atoms with E-state index in [0.29, 0.717) is 17.5 Å². The summed E-state index contributed by atoms with van der Waals surface area (Å²) in [6.07, 6.45) is 8.48. The first-order valence-electron chi connectivity index (χ1n) is 7.62. The van der Waals surface area contributed by atoms with Gasteiger partial charge in [-0.2, -0.15) is 10.2 Å². The molecule has 1 aliphatic carbocycles. The van der Waals surface area contributed by atoms with Gasteiger partial charge in [0.2, 0.25) is 0 Å². The maximum atomic E-state index is 11.3. The van der Waals surface area contributed by atoms with Gasteiger partial charge in [-0.05, 0) is 32.7 Å². The second-order valence-electron chi connectivity index (χ2n) is 5.63. The monoisotopic (exact) mass is 317 g/mol. The van der Waals surface area contributed by atoms with Crippen LogP contribution in [0.25, 0.3) is 5.82 Å². The number of pyridine rings is 1. The first-order valence-corrected chi connectivity index (χ1v) is 7.62. The highest BCUT2D eigenvalue weighted by atomic mass is 16.6. The summed E-state index contributed by atoms with van der Waals surface area (Å²) in [7, 11) is 1.95. The summed E-state index contributed by atoms with van der Waals surface area (Å²) in [5.74, 6) is 0.448. The minimum atomic E-state index is -0.423. The molecule has 2 N–H and O–H groups in total. The van der Waals surface area contributed by atoms with Crippen molar-refractivity contribution in [2.75, 3.05) is 12.4 Å². The molecule has 122 valence electrons. The molecule has 2 aromatic heterocycles. The highest BCUT2D eigenvalue weighted by Crippen LogP contribution is 2.29. The van der Waals surface area contributed by atoms with Crippen molar-refractivity contribution in [1.82, 2.24) is 25.3 Å². The van der Waals surface area contributed by atoms with Gasteiger partial charge in [-0.15, -0.1) is 4.80 Å². The van der Waals surface area contributed by atoms with Gasteiger partial charge in [-0.3, -0.25) is 10.1 Å². The zero-order chi connectivity index (χ0) is 16.2. The summed E-state index contributed by atoms with van der Waals surface area (Å²) < 4.78 is 0. The van der Waals surface area contributed by atoms with Crippen LogP contribution in [-0.2, 0) is 0 Å². The minimum Gasteiger partial charge on any atom is -0.377 e. The van der Waals surface area contributed by atoms with Crippen molar-refractivity contribution in [3.8, 4) is 5.82 Å². The Bertz CT molecular complexity index is 674. The lowest BCUT2D eigenvalue weighted by molar-refractivity contribution is -0.384. The quantitative estimate of drug-likeness (QED) is 0.635. The topological polar surface area (TPSA) is 111 Å². The van der Waals surface area contributed by atoms with E-state index in [-0.39, 0.29) is 11.7 Å². The molecule has 9 nitrogen and oxygen atoms in total. The molecule has 2 unspecified atom stereocenters. The fourth-order valence-corrected chi connectivity index (χ4v) is 2.94. The highest BCUT2D eigenvalue weighted by molar-refractivity contribution is 5.63. The van der Waals surface area contributed by atoms with Crippen LogP contribution in [0, 0.1) is 10.1 Å². The Balaban J connectivity index is 1.86. The van der Waals surface area contributed by atoms with Gasteiger partial charge in [0, 0.05) is 18.2 Å². The summed E-state index contributed by atoms with van der Waals surface area (Å²) in [6.45, 7) is 0. The number of aromatic nitrogens is 4. The molecule has 2 heterocycles. The second-order valence-corrected chi connectivity index (χ2v) is 5.63. The Kier molecular flexibility index (Phi) is 4.47. The molecular formula is C14H19N7O2. The molecule has 2 atom stereocenters. The van der Waals surface area contributed by atoms with Crippen LogP contribution >= 0.6 is 0 Å². The lowest BCUT2D eigenvalue weighted by atomic mass is 9.91. The second kappa shape index (κ2) is 6.69. The van der Waals surface area contributed by atoms with Crippen LogP contribution < -0.4 is 10.6 Å². The highest BCUT2D eigenvalue weighted by Gasteiger charge is 2.24. The lowest BCUT2D eigenvalue weighted by Crippen LogP contribution is -2.37. The van der Waals surface area contributed by atoms with Crippen LogP contribution in [0.2, 0.25) is 0 Å². The number of anilines is 1. The zero-order valence-corrected chi connectivity index (χ0v) is 12.8. The van der Waals surface area contributed by atoms with Crippen molar-refractivity contribution in [2.45, 2.75) is 37.8 Å². The fourth-order valence-electron chi connectivity index (χ4n) is 2.94. The third-order valence-electron chi connectivity index (χ3n) is 4.13. The number of nitrogens with zero attached hydrogens (tertiary/aromatic N) is 5. The number of nitrogens with one attached hydrogen (secondary N) is 2. The van der Waals surface area contributed by atoms with Crippen molar-refractivity contribution in [3.05, 3.63) is 34.8 Å². The van der Waals surface area contributed by atoms with E-state index in [0.717, 1.165) is 25.7 Å². The normalized spacial score (nSPS) is 21.1. The summed E-state index contributed by atoms with van der Waals surface area (Å²) in [5.41, 5.74) is 0.423. The van der Waals surface area contributed by atoms with Crippen molar-refractivity contribution >= 4 is 11.4 Å². The number of hydrogen-bond donors (Lipinski definition) is 2. The Morgan fingerprint density at radius 1 is 1.30 bits per heavy atom. The molecule has 2 aromatic rings. The molecule has 1 saturated carbocycles. The van der Waals surface area contributed by atoms with Crippen LogP contribution in [0.5, 0.6) is 0 Å². The molecule has 0 spiro atoms. The van der Waals surface area contributed by atoms with Gasteiger partial charge in [0.1, 0.15) is 11.9 Å². The lowest BCUT2D eigenvalue weighted by Gasteiger charge is -2.30. The van der Waals surface area contributed by atoms with E-state index >= 15 is 0 Å². The number of nitro groups is 1. The van der Waals surface area contributed by atoms with Gasteiger partial charge < -0.3 is 10.6 Å². The van der Waals surface area contributed by atoms with Gasteiger partial charge in [0.05, 0.1) is 17.3 Å². The van der Waals surface area contributed by atoms with Crippen LogP contribution in [-0.4, -0.2) is 44.0 Å². The Labute approximate surface area is 133 Å². The van der Waals surface area contributed by atoms with E-state index < -0.39 is 4.92 Å². The van der Waals surface area contributed by atoms with Crippen molar-refractivity contribution in [2.24, 2.45) is 0 Å². The van der Waals surface area contributed by atoms with E-state index in [1.807, 2.05) is 7.05 Å². The van der Waals surface area contributed by atoms with Gasteiger partial charge in [0.15, 0.2) is 5.82 Å². The van der Waals surface area contributed by atoms with Crippen LogP contribution in [0.1, 0.15) is 25.7 Å².